The van der Waals surface area contributed by atoms with Gasteiger partial charge in [-0.1, -0.05) is 39.3 Å². The van der Waals surface area contributed by atoms with Gasteiger partial charge in [-0.15, -0.1) is 0 Å². The molecule has 1 aromatic heterocycles. The fraction of sp³-hybridized carbons (Fsp3) is 0.471. The van der Waals surface area contributed by atoms with Crippen molar-refractivity contribution in [1.82, 2.24) is 9.78 Å². The second kappa shape index (κ2) is 6.12. The SMILES string of the molecule is CCCCc1nn(-c2cccc(C)c2)c(O)c1C(C)C. The first kappa shape index (κ1) is 14.6. The molecule has 0 amide bonds. The minimum atomic E-state index is 0.278. The molecule has 0 aliphatic heterocycles. The molecule has 0 aliphatic carbocycles. The van der Waals surface area contributed by atoms with E-state index in [-0.39, 0.29) is 11.8 Å². The number of hydrogen-bond acceptors (Lipinski definition) is 2. The first-order valence-corrected chi connectivity index (χ1v) is 7.42. The molecule has 0 bridgehead atoms. The van der Waals surface area contributed by atoms with Gasteiger partial charge in [0, 0.05) is 5.56 Å². The summed E-state index contributed by atoms with van der Waals surface area (Å²) in [6, 6.07) is 8.06. The fourth-order valence-corrected chi connectivity index (χ4v) is 2.53. The zero-order chi connectivity index (χ0) is 14.7. The van der Waals surface area contributed by atoms with E-state index in [1.54, 1.807) is 4.68 Å². The van der Waals surface area contributed by atoms with Crippen LogP contribution in [0.5, 0.6) is 5.88 Å². The Hall–Kier alpha value is -1.77. The van der Waals surface area contributed by atoms with Crippen LogP contribution in [-0.4, -0.2) is 14.9 Å². The van der Waals surface area contributed by atoms with E-state index in [9.17, 15) is 5.11 Å². The Bertz CT molecular complexity index is 585. The van der Waals surface area contributed by atoms with E-state index in [0.717, 1.165) is 36.2 Å². The lowest BCUT2D eigenvalue weighted by atomic mass is 10.0. The quantitative estimate of drug-likeness (QED) is 0.878. The van der Waals surface area contributed by atoms with Crippen molar-refractivity contribution in [2.75, 3.05) is 0 Å². The monoisotopic (exact) mass is 272 g/mol. The molecule has 0 saturated heterocycles. The molecule has 0 radical (unpaired) electrons. The Morgan fingerprint density at radius 3 is 2.65 bits per heavy atom. The zero-order valence-electron chi connectivity index (χ0n) is 12.8. The van der Waals surface area contributed by atoms with E-state index < -0.39 is 0 Å². The van der Waals surface area contributed by atoms with Crippen molar-refractivity contribution < 1.29 is 5.11 Å². The molecular weight excluding hydrogens is 248 g/mol. The third-order valence-electron chi connectivity index (χ3n) is 3.56. The molecule has 1 aromatic carbocycles. The van der Waals surface area contributed by atoms with Crippen LogP contribution in [-0.2, 0) is 6.42 Å². The number of benzene rings is 1. The Balaban J connectivity index is 2.49. The third kappa shape index (κ3) is 2.87. The summed E-state index contributed by atoms with van der Waals surface area (Å²) in [6.45, 7) is 8.43. The normalized spacial score (nSPS) is 11.2. The largest absolute Gasteiger partial charge is 0.493 e. The van der Waals surface area contributed by atoms with Gasteiger partial charge in [0.1, 0.15) is 0 Å². The molecule has 0 unspecified atom stereocenters. The van der Waals surface area contributed by atoms with Crippen LogP contribution in [0.4, 0.5) is 0 Å². The zero-order valence-corrected chi connectivity index (χ0v) is 12.8. The van der Waals surface area contributed by atoms with Crippen molar-refractivity contribution in [2.45, 2.75) is 52.9 Å². The number of aromatic nitrogens is 2. The van der Waals surface area contributed by atoms with Gasteiger partial charge in [-0.25, -0.2) is 4.68 Å². The summed E-state index contributed by atoms with van der Waals surface area (Å²) in [6.07, 6.45) is 3.16. The molecular formula is C17H24N2O. The highest BCUT2D eigenvalue weighted by atomic mass is 16.3. The standard InChI is InChI=1S/C17H24N2O/c1-5-6-10-15-16(12(2)3)17(20)19(18-15)14-9-7-8-13(4)11-14/h7-9,11-12,20H,5-6,10H2,1-4H3. The van der Waals surface area contributed by atoms with Crippen LogP contribution in [0, 0.1) is 6.92 Å². The summed E-state index contributed by atoms with van der Waals surface area (Å²) in [7, 11) is 0. The molecule has 1 heterocycles. The molecule has 0 spiro atoms. The lowest BCUT2D eigenvalue weighted by molar-refractivity contribution is 0.425. The Morgan fingerprint density at radius 1 is 1.30 bits per heavy atom. The van der Waals surface area contributed by atoms with Crippen LogP contribution in [0.15, 0.2) is 24.3 Å². The fourth-order valence-electron chi connectivity index (χ4n) is 2.53. The van der Waals surface area contributed by atoms with Gasteiger partial charge in [0.2, 0.25) is 5.88 Å². The van der Waals surface area contributed by atoms with Gasteiger partial charge in [-0.05, 0) is 43.4 Å². The molecule has 0 fully saturated rings. The third-order valence-corrected chi connectivity index (χ3v) is 3.56. The van der Waals surface area contributed by atoms with Crippen LogP contribution < -0.4 is 0 Å². The van der Waals surface area contributed by atoms with Crippen molar-refractivity contribution in [3.8, 4) is 11.6 Å². The van der Waals surface area contributed by atoms with Gasteiger partial charge in [-0.2, -0.15) is 5.10 Å². The highest BCUT2D eigenvalue weighted by Crippen LogP contribution is 2.32. The number of rotatable bonds is 5. The van der Waals surface area contributed by atoms with E-state index in [1.807, 2.05) is 31.2 Å². The maximum atomic E-state index is 10.5. The number of hydrogen-bond donors (Lipinski definition) is 1. The minimum Gasteiger partial charge on any atom is -0.493 e. The second-order valence-corrected chi connectivity index (χ2v) is 5.69. The molecule has 1 N–H and O–H groups in total. The minimum absolute atomic E-state index is 0.278. The number of unbranched alkanes of at least 4 members (excludes halogenated alkanes) is 1. The maximum Gasteiger partial charge on any atom is 0.217 e. The molecule has 0 atom stereocenters. The Morgan fingerprint density at radius 2 is 2.05 bits per heavy atom. The average molecular weight is 272 g/mol. The van der Waals surface area contributed by atoms with E-state index in [2.05, 4.69) is 25.9 Å². The first-order valence-electron chi connectivity index (χ1n) is 7.42. The lowest BCUT2D eigenvalue weighted by Gasteiger charge is -2.07. The van der Waals surface area contributed by atoms with Gasteiger partial charge in [0.05, 0.1) is 11.4 Å². The number of aryl methyl sites for hydroxylation is 2. The molecule has 2 aromatic rings. The molecule has 0 saturated carbocycles. The van der Waals surface area contributed by atoms with Crippen LogP contribution in [0.1, 0.15) is 56.4 Å². The van der Waals surface area contributed by atoms with E-state index in [4.69, 9.17) is 0 Å². The van der Waals surface area contributed by atoms with Gasteiger partial charge >= 0.3 is 0 Å². The summed E-state index contributed by atoms with van der Waals surface area (Å²) in [5, 5.41) is 15.2. The van der Waals surface area contributed by atoms with Crippen molar-refractivity contribution in [3.05, 3.63) is 41.1 Å². The Labute approximate surface area is 121 Å². The number of nitrogens with zero attached hydrogens (tertiary/aromatic N) is 2. The van der Waals surface area contributed by atoms with E-state index in [0.29, 0.717) is 0 Å². The van der Waals surface area contributed by atoms with Crippen LogP contribution >= 0.6 is 0 Å². The van der Waals surface area contributed by atoms with Crippen LogP contribution in [0.25, 0.3) is 5.69 Å². The van der Waals surface area contributed by atoms with Gasteiger partial charge in [0.25, 0.3) is 0 Å². The summed E-state index contributed by atoms with van der Waals surface area (Å²) in [4.78, 5) is 0. The van der Waals surface area contributed by atoms with Crippen LogP contribution in [0.3, 0.4) is 0 Å². The molecule has 2 rings (SSSR count). The molecule has 3 heteroatoms. The van der Waals surface area contributed by atoms with E-state index >= 15 is 0 Å². The predicted molar refractivity (Wildman–Crippen MR) is 82.7 cm³/mol. The smallest absolute Gasteiger partial charge is 0.217 e. The average Bonchev–Trinajstić information content (AvgIpc) is 2.73. The van der Waals surface area contributed by atoms with Crippen molar-refractivity contribution in [3.63, 3.8) is 0 Å². The van der Waals surface area contributed by atoms with Gasteiger partial charge in [0.15, 0.2) is 0 Å². The summed E-state index contributed by atoms with van der Waals surface area (Å²) in [5.74, 6) is 0.567. The van der Waals surface area contributed by atoms with E-state index in [1.165, 1.54) is 5.56 Å². The highest BCUT2D eigenvalue weighted by molar-refractivity contribution is 5.43. The Kier molecular flexibility index (Phi) is 4.48. The predicted octanol–water partition coefficient (Wildman–Crippen LogP) is 4.35. The number of aromatic hydroxyl groups is 1. The second-order valence-electron chi connectivity index (χ2n) is 5.69. The molecule has 20 heavy (non-hydrogen) atoms. The van der Waals surface area contributed by atoms with Crippen LogP contribution in [0.2, 0.25) is 0 Å². The van der Waals surface area contributed by atoms with Crippen molar-refractivity contribution >= 4 is 0 Å². The molecule has 3 nitrogen and oxygen atoms in total. The van der Waals surface area contributed by atoms with Crippen molar-refractivity contribution in [1.29, 1.82) is 0 Å². The molecule has 0 aliphatic rings. The summed E-state index contributed by atoms with van der Waals surface area (Å²) < 4.78 is 1.67. The van der Waals surface area contributed by atoms with Crippen molar-refractivity contribution in [2.24, 2.45) is 0 Å². The lowest BCUT2D eigenvalue weighted by Crippen LogP contribution is -1.97. The molecule has 108 valence electrons. The maximum absolute atomic E-state index is 10.5. The summed E-state index contributed by atoms with van der Waals surface area (Å²) in [5.41, 5.74) is 4.10. The highest BCUT2D eigenvalue weighted by Gasteiger charge is 2.20. The topological polar surface area (TPSA) is 38.0 Å². The summed E-state index contributed by atoms with van der Waals surface area (Å²) >= 11 is 0. The first-order chi connectivity index (χ1) is 9.54. The van der Waals surface area contributed by atoms with Gasteiger partial charge in [-0.3, -0.25) is 0 Å². The van der Waals surface area contributed by atoms with Gasteiger partial charge < -0.3 is 5.11 Å².